The standard InChI is InChI=1S/C13H19ClN2O2S/c1-2-16-9-5-6-11(16)10-15-19(17,18)13-8-4-3-7-12(13)14/h3-4,7-8,11,15H,2,5-6,9-10H2,1H3/t11-/m0/s1. The fourth-order valence-corrected chi connectivity index (χ4v) is 4.08. The van der Waals surface area contributed by atoms with E-state index in [1.165, 1.54) is 6.07 Å². The molecule has 0 spiro atoms. The first-order valence-corrected chi connectivity index (χ1v) is 8.39. The number of halogens is 1. The van der Waals surface area contributed by atoms with Gasteiger partial charge in [0.05, 0.1) is 5.02 Å². The first-order chi connectivity index (χ1) is 9.04. The van der Waals surface area contributed by atoms with Crippen LogP contribution < -0.4 is 4.72 Å². The third-order valence-electron chi connectivity index (χ3n) is 3.54. The third-order valence-corrected chi connectivity index (χ3v) is 5.46. The van der Waals surface area contributed by atoms with Gasteiger partial charge in [-0.3, -0.25) is 4.90 Å². The van der Waals surface area contributed by atoms with E-state index in [2.05, 4.69) is 16.5 Å². The van der Waals surface area contributed by atoms with Crippen molar-refractivity contribution in [3.05, 3.63) is 29.3 Å². The van der Waals surface area contributed by atoms with Gasteiger partial charge in [0.25, 0.3) is 0 Å². The molecule has 0 amide bonds. The highest BCUT2D eigenvalue weighted by Crippen LogP contribution is 2.21. The minimum Gasteiger partial charge on any atom is -0.299 e. The molecule has 1 N–H and O–H groups in total. The number of rotatable bonds is 5. The summed E-state index contributed by atoms with van der Waals surface area (Å²) < 4.78 is 27.0. The van der Waals surface area contributed by atoms with Gasteiger partial charge in [-0.15, -0.1) is 0 Å². The molecule has 6 heteroatoms. The van der Waals surface area contributed by atoms with Gasteiger partial charge in [0, 0.05) is 12.6 Å². The predicted octanol–water partition coefficient (Wildman–Crippen LogP) is 2.10. The second-order valence-electron chi connectivity index (χ2n) is 4.71. The maximum Gasteiger partial charge on any atom is 0.242 e. The first-order valence-electron chi connectivity index (χ1n) is 6.53. The lowest BCUT2D eigenvalue weighted by Crippen LogP contribution is -2.40. The molecular weight excluding hydrogens is 284 g/mol. The molecule has 4 nitrogen and oxygen atoms in total. The highest BCUT2D eigenvalue weighted by atomic mass is 35.5. The topological polar surface area (TPSA) is 49.4 Å². The normalized spacial score (nSPS) is 20.8. The van der Waals surface area contributed by atoms with Crippen LogP contribution in [0.4, 0.5) is 0 Å². The van der Waals surface area contributed by atoms with E-state index < -0.39 is 10.0 Å². The number of likely N-dealkylation sites (tertiary alicyclic amines) is 1. The number of nitrogens with zero attached hydrogens (tertiary/aromatic N) is 1. The molecule has 0 unspecified atom stereocenters. The fraction of sp³-hybridized carbons (Fsp3) is 0.538. The first kappa shape index (κ1) is 14.8. The summed E-state index contributed by atoms with van der Waals surface area (Å²) in [5, 5.41) is 0.258. The second-order valence-corrected chi connectivity index (χ2v) is 6.85. The zero-order chi connectivity index (χ0) is 13.9. The summed E-state index contributed by atoms with van der Waals surface area (Å²) in [6, 6.07) is 6.80. The monoisotopic (exact) mass is 302 g/mol. The summed E-state index contributed by atoms with van der Waals surface area (Å²) in [5.74, 6) is 0. The van der Waals surface area contributed by atoms with E-state index in [0.717, 1.165) is 25.9 Å². The molecule has 1 aliphatic heterocycles. The Labute approximate surface area is 119 Å². The van der Waals surface area contributed by atoms with Crippen LogP contribution in [0.2, 0.25) is 5.02 Å². The molecule has 1 atom stereocenters. The van der Waals surface area contributed by atoms with Crippen molar-refractivity contribution in [3.8, 4) is 0 Å². The number of benzene rings is 1. The lowest BCUT2D eigenvalue weighted by molar-refractivity contribution is 0.268. The summed E-state index contributed by atoms with van der Waals surface area (Å²) in [4.78, 5) is 2.45. The van der Waals surface area contributed by atoms with Gasteiger partial charge in [0.15, 0.2) is 0 Å². The molecule has 1 aliphatic rings. The number of sulfonamides is 1. The molecule has 1 fully saturated rings. The fourth-order valence-electron chi connectivity index (χ4n) is 2.49. The highest BCUT2D eigenvalue weighted by molar-refractivity contribution is 7.89. The van der Waals surface area contributed by atoms with Gasteiger partial charge in [0.1, 0.15) is 4.90 Å². The summed E-state index contributed by atoms with van der Waals surface area (Å²) in [7, 11) is -3.52. The molecule has 1 aromatic carbocycles. The number of hydrogen-bond donors (Lipinski definition) is 1. The van der Waals surface area contributed by atoms with Crippen molar-refractivity contribution in [2.24, 2.45) is 0 Å². The molecule has 2 rings (SSSR count). The Kier molecular flexibility index (Phi) is 4.84. The van der Waals surface area contributed by atoms with Gasteiger partial charge in [-0.1, -0.05) is 30.7 Å². The van der Waals surface area contributed by atoms with Crippen molar-refractivity contribution in [1.82, 2.24) is 9.62 Å². The van der Waals surface area contributed by atoms with E-state index in [9.17, 15) is 8.42 Å². The van der Waals surface area contributed by atoms with Crippen molar-refractivity contribution < 1.29 is 8.42 Å². The van der Waals surface area contributed by atoms with Gasteiger partial charge in [-0.05, 0) is 38.1 Å². The Morgan fingerprint density at radius 3 is 2.84 bits per heavy atom. The van der Waals surface area contributed by atoms with Gasteiger partial charge >= 0.3 is 0 Å². The number of hydrogen-bond acceptors (Lipinski definition) is 3. The SMILES string of the molecule is CCN1CCC[C@H]1CNS(=O)(=O)c1ccccc1Cl. The van der Waals surface area contributed by atoms with E-state index in [1.54, 1.807) is 18.2 Å². The molecule has 106 valence electrons. The Morgan fingerprint density at radius 2 is 2.16 bits per heavy atom. The number of likely N-dealkylation sites (N-methyl/N-ethyl adjacent to an activating group) is 1. The van der Waals surface area contributed by atoms with Crippen LogP contribution in [-0.2, 0) is 10.0 Å². The van der Waals surface area contributed by atoms with Crippen molar-refractivity contribution in [3.63, 3.8) is 0 Å². The summed E-state index contributed by atoms with van der Waals surface area (Å²) in [6.45, 7) is 4.55. The van der Waals surface area contributed by atoms with E-state index in [1.807, 2.05) is 0 Å². The smallest absolute Gasteiger partial charge is 0.242 e. The van der Waals surface area contributed by atoms with E-state index in [4.69, 9.17) is 11.6 Å². The molecule has 1 heterocycles. The van der Waals surface area contributed by atoms with Crippen LogP contribution in [-0.4, -0.2) is 39.0 Å². The molecule has 1 aromatic rings. The lowest BCUT2D eigenvalue weighted by Gasteiger charge is -2.22. The average Bonchev–Trinajstić information content (AvgIpc) is 2.84. The largest absolute Gasteiger partial charge is 0.299 e. The van der Waals surface area contributed by atoms with E-state index >= 15 is 0 Å². The molecule has 0 aromatic heterocycles. The maximum atomic E-state index is 12.2. The van der Waals surface area contributed by atoms with Gasteiger partial charge < -0.3 is 0 Å². The van der Waals surface area contributed by atoms with Crippen LogP contribution in [0.5, 0.6) is 0 Å². The highest BCUT2D eigenvalue weighted by Gasteiger charge is 2.25. The van der Waals surface area contributed by atoms with Crippen molar-refractivity contribution in [1.29, 1.82) is 0 Å². The summed E-state index contributed by atoms with van der Waals surface area (Å²) in [5.41, 5.74) is 0. The molecule has 0 radical (unpaired) electrons. The Bertz CT molecular complexity index is 533. The van der Waals surface area contributed by atoms with Gasteiger partial charge in [-0.2, -0.15) is 0 Å². The van der Waals surface area contributed by atoms with Gasteiger partial charge in [0.2, 0.25) is 10.0 Å². The summed E-state index contributed by atoms with van der Waals surface area (Å²) >= 11 is 5.93. The van der Waals surface area contributed by atoms with Crippen LogP contribution >= 0.6 is 11.6 Å². The van der Waals surface area contributed by atoms with E-state index in [-0.39, 0.29) is 9.92 Å². The molecule has 0 aliphatic carbocycles. The number of nitrogens with one attached hydrogen (secondary N) is 1. The Hall–Kier alpha value is -0.620. The maximum absolute atomic E-state index is 12.2. The van der Waals surface area contributed by atoms with Crippen molar-refractivity contribution >= 4 is 21.6 Å². The lowest BCUT2D eigenvalue weighted by atomic mass is 10.2. The van der Waals surface area contributed by atoms with Crippen LogP contribution in [0.3, 0.4) is 0 Å². The molecule has 19 heavy (non-hydrogen) atoms. The summed E-state index contributed by atoms with van der Waals surface area (Å²) in [6.07, 6.45) is 2.17. The third kappa shape index (κ3) is 3.48. The van der Waals surface area contributed by atoms with Crippen LogP contribution in [0.25, 0.3) is 0 Å². The van der Waals surface area contributed by atoms with Crippen molar-refractivity contribution in [2.75, 3.05) is 19.6 Å². The molecule has 0 bridgehead atoms. The quantitative estimate of drug-likeness (QED) is 0.906. The Balaban J connectivity index is 2.04. The van der Waals surface area contributed by atoms with Crippen LogP contribution in [0.15, 0.2) is 29.2 Å². The second kappa shape index (κ2) is 6.22. The molecule has 1 saturated heterocycles. The molecular formula is C13H19ClN2O2S. The average molecular weight is 303 g/mol. The Morgan fingerprint density at radius 1 is 1.42 bits per heavy atom. The van der Waals surface area contributed by atoms with Crippen LogP contribution in [0.1, 0.15) is 19.8 Å². The van der Waals surface area contributed by atoms with E-state index in [0.29, 0.717) is 12.6 Å². The van der Waals surface area contributed by atoms with Crippen molar-refractivity contribution in [2.45, 2.75) is 30.7 Å². The predicted molar refractivity (Wildman–Crippen MR) is 76.9 cm³/mol. The van der Waals surface area contributed by atoms with Crippen LogP contribution in [0, 0.1) is 0 Å². The zero-order valence-electron chi connectivity index (χ0n) is 11.0. The zero-order valence-corrected chi connectivity index (χ0v) is 12.5. The minimum atomic E-state index is -3.52. The van der Waals surface area contributed by atoms with Gasteiger partial charge in [-0.25, -0.2) is 13.1 Å². The minimum absolute atomic E-state index is 0.151. The molecule has 0 saturated carbocycles.